The Morgan fingerprint density at radius 2 is 2.00 bits per heavy atom. The molecule has 114 valence electrons. The van der Waals surface area contributed by atoms with Crippen molar-refractivity contribution in [2.45, 2.75) is 44.6 Å². The molecular formula is C14H23FN2O2S. The molecule has 0 radical (unpaired) electrons. The first kappa shape index (κ1) is 17.1. The van der Waals surface area contributed by atoms with E-state index in [1.165, 1.54) is 12.1 Å². The van der Waals surface area contributed by atoms with Gasteiger partial charge in [-0.25, -0.2) is 17.5 Å². The molecule has 20 heavy (non-hydrogen) atoms. The molecule has 0 aliphatic heterocycles. The van der Waals surface area contributed by atoms with Crippen molar-refractivity contribution in [2.75, 3.05) is 6.54 Å². The molecule has 0 aliphatic rings. The van der Waals surface area contributed by atoms with Gasteiger partial charge in [0.2, 0.25) is 10.0 Å². The van der Waals surface area contributed by atoms with Gasteiger partial charge in [-0.3, -0.25) is 0 Å². The summed E-state index contributed by atoms with van der Waals surface area (Å²) in [6.07, 6.45) is 0.608. The van der Waals surface area contributed by atoms with Crippen LogP contribution in [0.4, 0.5) is 4.39 Å². The van der Waals surface area contributed by atoms with Gasteiger partial charge < -0.3 is 5.73 Å². The second-order valence-electron chi connectivity index (χ2n) is 5.88. The maximum atomic E-state index is 13.3. The van der Waals surface area contributed by atoms with Gasteiger partial charge in [-0.1, -0.05) is 19.9 Å². The van der Waals surface area contributed by atoms with Gasteiger partial charge in [-0.2, -0.15) is 0 Å². The first-order valence-corrected chi connectivity index (χ1v) is 8.08. The third-order valence-corrected chi connectivity index (χ3v) is 4.91. The SMILES string of the molecule is Cc1ccc(F)cc1S(=O)(=O)NC(C)(CN)CC(C)C. The maximum absolute atomic E-state index is 13.3. The molecule has 0 spiro atoms. The first-order valence-electron chi connectivity index (χ1n) is 6.60. The van der Waals surface area contributed by atoms with Gasteiger partial charge in [0, 0.05) is 12.1 Å². The molecule has 1 rings (SSSR count). The monoisotopic (exact) mass is 302 g/mol. The Kier molecular flexibility index (Phi) is 5.29. The molecule has 4 nitrogen and oxygen atoms in total. The zero-order valence-corrected chi connectivity index (χ0v) is 13.2. The Balaban J connectivity index is 3.14. The zero-order chi connectivity index (χ0) is 15.6. The van der Waals surface area contributed by atoms with E-state index in [0.29, 0.717) is 17.9 Å². The largest absolute Gasteiger partial charge is 0.329 e. The van der Waals surface area contributed by atoms with E-state index in [0.717, 1.165) is 6.07 Å². The summed E-state index contributed by atoms with van der Waals surface area (Å²) in [7, 11) is -3.80. The molecule has 1 aromatic rings. The van der Waals surface area contributed by atoms with Crippen molar-refractivity contribution in [2.24, 2.45) is 11.7 Å². The van der Waals surface area contributed by atoms with Crippen LogP contribution in [0.3, 0.4) is 0 Å². The van der Waals surface area contributed by atoms with E-state index in [2.05, 4.69) is 4.72 Å². The predicted molar refractivity (Wildman–Crippen MR) is 78.4 cm³/mol. The topological polar surface area (TPSA) is 72.2 Å². The summed E-state index contributed by atoms with van der Waals surface area (Å²) < 4.78 is 40.8. The van der Waals surface area contributed by atoms with Gasteiger partial charge in [0.25, 0.3) is 0 Å². The molecule has 0 saturated carbocycles. The molecule has 0 aromatic heterocycles. The van der Waals surface area contributed by atoms with Crippen LogP contribution < -0.4 is 10.5 Å². The Morgan fingerprint density at radius 3 is 2.50 bits per heavy atom. The Labute approximate surface area is 120 Å². The van der Waals surface area contributed by atoms with Gasteiger partial charge >= 0.3 is 0 Å². The normalized spacial score (nSPS) is 15.3. The summed E-state index contributed by atoms with van der Waals surface area (Å²) >= 11 is 0. The van der Waals surface area contributed by atoms with Crippen molar-refractivity contribution in [1.82, 2.24) is 4.72 Å². The van der Waals surface area contributed by atoms with Crippen molar-refractivity contribution in [1.29, 1.82) is 0 Å². The van der Waals surface area contributed by atoms with Gasteiger partial charge in [-0.05, 0) is 43.9 Å². The average Bonchev–Trinajstić information content (AvgIpc) is 2.30. The Morgan fingerprint density at radius 1 is 1.40 bits per heavy atom. The third kappa shape index (κ3) is 4.26. The fraction of sp³-hybridized carbons (Fsp3) is 0.571. The molecule has 0 saturated heterocycles. The van der Waals surface area contributed by atoms with E-state index in [1.807, 2.05) is 13.8 Å². The minimum Gasteiger partial charge on any atom is -0.329 e. The van der Waals surface area contributed by atoms with Crippen LogP contribution in [-0.2, 0) is 10.0 Å². The van der Waals surface area contributed by atoms with Crippen molar-refractivity contribution in [3.8, 4) is 0 Å². The molecule has 3 N–H and O–H groups in total. The molecule has 0 heterocycles. The Hall–Kier alpha value is -0.980. The van der Waals surface area contributed by atoms with Crippen LogP contribution >= 0.6 is 0 Å². The number of hydrogen-bond acceptors (Lipinski definition) is 3. The number of aryl methyl sites for hydroxylation is 1. The number of nitrogens with one attached hydrogen (secondary N) is 1. The van der Waals surface area contributed by atoms with E-state index in [1.54, 1.807) is 13.8 Å². The molecule has 1 aromatic carbocycles. The highest BCUT2D eigenvalue weighted by Gasteiger charge is 2.31. The first-order chi connectivity index (χ1) is 9.09. The number of nitrogens with two attached hydrogens (primary N) is 1. The molecule has 0 fully saturated rings. The lowest BCUT2D eigenvalue weighted by Gasteiger charge is -2.31. The quantitative estimate of drug-likeness (QED) is 0.846. The lowest BCUT2D eigenvalue weighted by Crippen LogP contribution is -2.52. The lowest BCUT2D eigenvalue weighted by molar-refractivity contribution is 0.344. The second-order valence-corrected chi connectivity index (χ2v) is 7.53. The maximum Gasteiger partial charge on any atom is 0.241 e. The fourth-order valence-corrected chi connectivity index (χ4v) is 4.00. The van der Waals surface area contributed by atoms with E-state index in [-0.39, 0.29) is 11.4 Å². The number of sulfonamides is 1. The van der Waals surface area contributed by atoms with Gasteiger partial charge in [-0.15, -0.1) is 0 Å². The van der Waals surface area contributed by atoms with E-state index in [9.17, 15) is 12.8 Å². The highest BCUT2D eigenvalue weighted by atomic mass is 32.2. The van der Waals surface area contributed by atoms with Crippen LogP contribution in [0.1, 0.15) is 32.8 Å². The summed E-state index contributed by atoms with van der Waals surface area (Å²) in [6, 6.07) is 3.72. The minimum atomic E-state index is -3.80. The summed E-state index contributed by atoms with van der Waals surface area (Å²) in [4.78, 5) is -0.0408. The van der Waals surface area contributed by atoms with Crippen molar-refractivity contribution >= 4 is 10.0 Å². The van der Waals surface area contributed by atoms with Gasteiger partial charge in [0.15, 0.2) is 0 Å². The minimum absolute atomic E-state index is 0.0408. The number of hydrogen-bond donors (Lipinski definition) is 2. The highest BCUT2D eigenvalue weighted by molar-refractivity contribution is 7.89. The van der Waals surface area contributed by atoms with E-state index in [4.69, 9.17) is 5.73 Å². The molecule has 6 heteroatoms. The lowest BCUT2D eigenvalue weighted by atomic mass is 9.92. The van der Waals surface area contributed by atoms with Crippen LogP contribution in [0.2, 0.25) is 0 Å². The van der Waals surface area contributed by atoms with Crippen LogP contribution in [0.25, 0.3) is 0 Å². The third-order valence-electron chi connectivity index (χ3n) is 3.13. The fourth-order valence-electron chi connectivity index (χ4n) is 2.31. The molecule has 0 bridgehead atoms. The van der Waals surface area contributed by atoms with Crippen molar-refractivity contribution < 1.29 is 12.8 Å². The van der Waals surface area contributed by atoms with E-state index < -0.39 is 21.4 Å². The van der Waals surface area contributed by atoms with Gasteiger partial charge in [0.05, 0.1) is 4.90 Å². The zero-order valence-electron chi connectivity index (χ0n) is 12.4. The standard InChI is InChI=1S/C14H23FN2O2S/c1-10(2)8-14(4,9-16)17-20(18,19)13-7-12(15)6-5-11(13)3/h5-7,10,17H,8-9,16H2,1-4H3. The van der Waals surface area contributed by atoms with Crippen LogP contribution in [0, 0.1) is 18.7 Å². The average molecular weight is 302 g/mol. The molecule has 0 amide bonds. The second kappa shape index (κ2) is 6.20. The molecule has 1 unspecified atom stereocenters. The van der Waals surface area contributed by atoms with Crippen molar-refractivity contribution in [3.63, 3.8) is 0 Å². The summed E-state index contributed by atoms with van der Waals surface area (Å²) in [5, 5.41) is 0. The van der Waals surface area contributed by atoms with Crippen LogP contribution in [0.15, 0.2) is 23.1 Å². The van der Waals surface area contributed by atoms with Gasteiger partial charge in [0.1, 0.15) is 5.82 Å². The number of halogens is 1. The highest BCUT2D eigenvalue weighted by Crippen LogP contribution is 2.22. The number of benzene rings is 1. The summed E-state index contributed by atoms with van der Waals surface area (Å²) in [6.45, 7) is 7.57. The predicted octanol–water partition coefficient (Wildman–Crippen LogP) is 2.18. The summed E-state index contributed by atoms with van der Waals surface area (Å²) in [5.74, 6) is -0.283. The molecule has 1 atom stereocenters. The smallest absolute Gasteiger partial charge is 0.241 e. The van der Waals surface area contributed by atoms with E-state index >= 15 is 0 Å². The molecule has 0 aliphatic carbocycles. The van der Waals surface area contributed by atoms with Crippen LogP contribution in [-0.4, -0.2) is 20.5 Å². The van der Waals surface area contributed by atoms with Crippen LogP contribution in [0.5, 0.6) is 0 Å². The Bertz CT molecular complexity index is 573. The summed E-state index contributed by atoms with van der Waals surface area (Å²) in [5.41, 5.74) is 5.47. The van der Waals surface area contributed by atoms with Crippen molar-refractivity contribution in [3.05, 3.63) is 29.6 Å². The molecular weight excluding hydrogens is 279 g/mol. The number of rotatable bonds is 6.